The molecule has 0 spiro atoms. The summed E-state index contributed by atoms with van der Waals surface area (Å²) in [5, 5.41) is 0. The van der Waals surface area contributed by atoms with Crippen molar-refractivity contribution in [2.24, 2.45) is 5.41 Å². The molecule has 19 heavy (non-hydrogen) atoms. The molecule has 0 aromatic heterocycles. The highest BCUT2D eigenvalue weighted by molar-refractivity contribution is 9.10. The van der Waals surface area contributed by atoms with Gasteiger partial charge in [0.2, 0.25) is 5.91 Å². The molecule has 1 amide bonds. The summed E-state index contributed by atoms with van der Waals surface area (Å²) in [6, 6.07) is 4.83. The molecule has 0 unspecified atom stereocenters. The van der Waals surface area contributed by atoms with E-state index in [1.807, 2.05) is 6.92 Å². The van der Waals surface area contributed by atoms with E-state index in [1.54, 1.807) is 19.1 Å². The first-order valence-corrected chi connectivity index (χ1v) is 7.93. The second-order valence-electron chi connectivity index (χ2n) is 4.92. The molecule has 1 aliphatic heterocycles. The largest absolute Gasteiger partial charge is 0.379 e. The lowest BCUT2D eigenvalue weighted by atomic mass is 9.88. The van der Waals surface area contributed by atoms with Gasteiger partial charge in [-0.05, 0) is 47.5 Å². The third-order valence-corrected chi connectivity index (χ3v) is 5.30. The lowest BCUT2D eigenvalue weighted by molar-refractivity contribution is -0.155. The number of rotatable bonds is 3. The molecular formula is C12H14BrNO4S. The molecule has 7 heteroatoms. The molecule has 1 saturated heterocycles. The number of sulfonamides is 1. The molecule has 0 bridgehead atoms. The van der Waals surface area contributed by atoms with Crippen LogP contribution in [0, 0.1) is 12.3 Å². The van der Waals surface area contributed by atoms with Crippen molar-refractivity contribution in [3.63, 3.8) is 0 Å². The monoisotopic (exact) mass is 347 g/mol. The van der Waals surface area contributed by atoms with E-state index in [4.69, 9.17) is 4.74 Å². The van der Waals surface area contributed by atoms with Crippen LogP contribution in [0.3, 0.4) is 0 Å². The van der Waals surface area contributed by atoms with E-state index in [1.165, 1.54) is 6.07 Å². The second kappa shape index (κ2) is 4.88. The maximum atomic E-state index is 12.2. The van der Waals surface area contributed by atoms with Crippen LogP contribution in [0.5, 0.6) is 0 Å². The Kier molecular flexibility index (Phi) is 3.72. The van der Waals surface area contributed by atoms with Crippen LogP contribution in [-0.4, -0.2) is 27.5 Å². The van der Waals surface area contributed by atoms with Crippen molar-refractivity contribution in [2.75, 3.05) is 13.2 Å². The summed E-state index contributed by atoms with van der Waals surface area (Å²) in [4.78, 5) is 12.0. The predicted molar refractivity (Wildman–Crippen MR) is 73.1 cm³/mol. The smallest absolute Gasteiger partial charge is 0.265 e. The molecule has 1 aromatic carbocycles. The first-order chi connectivity index (χ1) is 8.74. The van der Waals surface area contributed by atoms with Crippen molar-refractivity contribution in [1.29, 1.82) is 0 Å². The van der Waals surface area contributed by atoms with Gasteiger partial charge in [-0.25, -0.2) is 13.1 Å². The Bertz CT molecular complexity index is 623. The lowest BCUT2D eigenvalue weighted by Crippen LogP contribution is -2.53. The first kappa shape index (κ1) is 14.5. The molecule has 104 valence electrons. The fourth-order valence-electron chi connectivity index (χ4n) is 1.66. The molecule has 1 heterocycles. The summed E-state index contributed by atoms with van der Waals surface area (Å²) in [5.74, 6) is -0.536. The quantitative estimate of drug-likeness (QED) is 0.901. The van der Waals surface area contributed by atoms with Gasteiger partial charge in [0.15, 0.2) is 0 Å². The Morgan fingerprint density at radius 2 is 2.05 bits per heavy atom. The van der Waals surface area contributed by atoms with Crippen LogP contribution in [0.1, 0.15) is 12.5 Å². The summed E-state index contributed by atoms with van der Waals surface area (Å²) < 4.78 is 31.8. The molecule has 5 nitrogen and oxygen atoms in total. The number of ether oxygens (including phenoxy) is 1. The highest BCUT2D eigenvalue weighted by Gasteiger charge is 2.43. The number of halogens is 1. The van der Waals surface area contributed by atoms with Gasteiger partial charge in [0, 0.05) is 4.47 Å². The number of carbonyl (C=O) groups excluding carboxylic acids is 1. The van der Waals surface area contributed by atoms with Crippen molar-refractivity contribution in [3.05, 3.63) is 28.2 Å². The maximum absolute atomic E-state index is 12.2. The van der Waals surface area contributed by atoms with Crippen LogP contribution in [0.2, 0.25) is 0 Å². The summed E-state index contributed by atoms with van der Waals surface area (Å²) in [5.41, 5.74) is 0.168. The Morgan fingerprint density at radius 3 is 2.53 bits per heavy atom. The zero-order chi connectivity index (χ0) is 14.3. The van der Waals surface area contributed by atoms with Gasteiger partial charge >= 0.3 is 0 Å². The average Bonchev–Trinajstić information content (AvgIpc) is 2.24. The fourth-order valence-corrected chi connectivity index (χ4v) is 3.96. The number of amides is 1. The van der Waals surface area contributed by atoms with E-state index in [2.05, 4.69) is 20.7 Å². The van der Waals surface area contributed by atoms with Crippen LogP contribution >= 0.6 is 15.9 Å². The summed E-state index contributed by atoms with van der Waals surface area (Å²) in [7, 11) is -3.87. The Morgan fingerprint density at radius 1 is 1.42 bits per heavy atom. The molecule has 1 N–H and O–H groups in total. The van der Waals surface area contributed by atoms with Crippen LogP contribution < -0.4 is 4.72 Å². The molecule has 0 radical (unpaired) electrons. The number of benzene rings is 1. The predicted octanol–water partition coefficient (Wildman–Crippen LogP) is 1.60. The fraction of sp³-hybridized carbons (Fsp3) is 0.417. The standard InChI is InChI=1S/C12H14BrNO4S/c1-8-3-4-10(9(13)5-8)19(16,17)14-11(15)12(2)6-18-7-12/h3-5H,6-7H2,1-2H3,(H,14,15). The van der Waals surface area contributed by atoms with E-state index in [0.29, 0.717) is 4.47 Å². The van der Waals surface area contributed by atoms with Gasteiger partial charge in [0.1, 0.15) is 4.90 Å². The molecule has 1 aromatic rings. The SMILES string of the molecule is Cc1ccc(S(=O)(=O)NC(=O)C2(C)COC2)c(Br)c1. The van der Waals surface area contributed by atoms with Crippen molar-refractivity contribution in [2.45, 2.75) is 18.7 Å². The van der Waals surface area contributed by atoms with E-state index in [-0.39, 0.29) is 18.1 Å². The summed E-state index contributed by atoms with van der Waals surface area (Å²) in [6.07, 6.45) is 0. The van der Waals surface area contributed by atoms with Gasteiger partial charge in [-0.1, -0.05) is 6.07 Å². The Balaban J connectivity index is 2.25. The van der Waals surface area contributed by atoms with Gasteiger partial charge in [0.25, 0.3) is 10.0 Å². The first-order valence-electron chi connectivity index (χ1n) is 5.66. The molecule has 1 fully saturated rings. The molecule has 2 rings (SSSR count). The molecule has 0 atom stereocenters. The highest BCUT2D eigenvalue weighted by Crippen LogP contribution is 2.28. The van der Waals surface area contributed by atoms with Gasteiger partial charge in [0.05, 0.1) is 18.6 Å². The van der Waals surface area contributed by atoms with E-state index in [0.717, 1.165) is 5.56 Å². The van der Waals surface area contributed by atoms with Gasteiger partial charge in [-0.2, -0.15) is 0 Å². The average molecular weight is 348 g/mol. The normalized spacial score (nSPS) is 17.6. The van der Waals surface area contributed by atoms with Gasteiger partial charge < -0.3 is 4.74 Å². The number of aryl methyl sites for hydroxylation is 1. The summed E-state index contributed by atoms with van der Waals surface area (Å²) >= 11 is 3.20. The van der Waals surface area contributed by atoms with E-state index >= 15 is 0 Å². The Hall–Kier alpha value is -0.920. The molecule has 0 aliphatic carbocycles. The molecule has 1 aliphatic rings. The minimum Gasteiger partial charge on any atom is -0.379 e. The minimum absolute atomic E-state index is 0.0512. The summed E-state index contributed by atoms with van der Waals surface area (Å²) in [6.45, 7) is 4.00. The van der Waals surface area contributed by atoms with Gasteiger partial charge in [-0.15, -0.1) is 0 Å². The maximum Gasteiger partial charge on any atom is 0.265 e. The zero-order valence-corrected chi connectivity index (χ0v) is 13.0. The Labute approximate surface area is 120 Å². The van der Waals surface area contributed by atoms with Crippen molar-refractivity contribution < 1.29 is 17.9 Å². The van der Waals surface area contributed by atoms with Crippen molar-refractivity contribution in [1.82, 2.24) is 4.72 Å². The number of carbonyl (C=O) groups is 1. The second-order valence-corrected chi connectivity index (χ2v) is 7.43. The van der Waals surface area contributed by atoms with Crippen LogP contribution in [0.15, 0.2) is 27.6 Å². The van der Waals surface area contributed by atoms with E-state index in [9.17, 15) is 13.2 Å². The molecular weight excluding hydrogens is 334 g/mol. The van der Waals surface area contributed by atoms with Crippen molar-refractivity contribution >= 4 is 31.9 Å². The third kappa shape index (κ3) is 2.82. The zero-order valence-electron chi connectivity index (χ0n) is 10.6. The number of hydrogen-bond donors (Lipinski definition) is 1. The topological polar surface area (TPSA) is 72.5 Å². The van der Waals surface area contributed by atoms with E-state index < -0.39 is 21.3 Å². The van der Waals surface area contributed by atoms with Crippen LogP contribution in [0.4, 0.5) is 0 Å². The van der Waals surface area contributed by atoms with Gasteiger partial charge in [-0.3, -0.25) is 4.79 Å². The molecule has 0 saturated carbocycles. The highest BCUT2D eigenvalue weighted by atomic mass is 79.9. The third-order valence-electron chi connectivity index (χ3n) is 2.99. The van der Waals surface area contributed by atoms with Crippen LogP contribution in [0.25, 0.3) is 0 Å². The van der Waals surface area contributed by atoms with Crippen molar-refractivity contribution in [3.8, 4) is 0 Å². The van der Waals surface area contributed by atoms with Crippen LogP contribution in [-0.2, 0) is 19.6 Å². The number of nitrogens with one attached hydrogen (secondary N) is 1. The lowest BCUT2D eigenvalue weighted by Gasteiger charge is -2.35. The minimum atomic E-state index is -3.87. The number of hydrogen-bond acceptors (Lipinski definition) is 4.